The lowest BCUT2D eigenvalue weighted by Crippen LogP contribution is -2.46. The zero-order valence-corrected chi connectivity index (χ0v) is 25.2. The Balaban J connectivity index is 1.13. The Kier molecular flexibility index (Phi) is 9.26. The van der Waals surface area contributed by atoms with E-state index in [0.29, 0.717) is 35.7 Å². The highest BCUT2D eigenvalue weighted by molar-refractivity contribution is 5.95. The first-order valence-corrected chi connectivity index (χ1v) is 15.1. The maximum Gasteiger partial charge on any atom is 0.254 e. The van der Waals surface area contributed by atoms with Crippen molar-refractivity contribution in [3.8, 4) is 17.2 Å². The molecule has 2 heterocycles. The first-order valence-electron chi connectivity index (χ1n) is 15.1. The molecule has 1 N–H and O–H groups in total. The van der Waals surface area contributed by atoms with Crippen LogP contribution in [0.25, 0.3) is 0 Å². The summed E-state index contributed by atoms with van der Waals surface area (Å²) >= 11 is 0. The quantitative estimate of drug-likeness (QED) is 0.245. The second-order valence-corrected chi connectivity index (χ2v) is 11.4. The molecule has 2 amide bonds. The number of fused-ring (bicyclic) bond motifs is 1. The summed E-state index contributed by atoms with van der Waals surface area (Å²) in [5.74, 6) is 1.48. The summed E-state index contributed by atoms with van der Waals surface area (Å²) in [7, 11) is 1.62. The number of rotatable bonds is 10. The zero-order chi connectivity index (χ0) is 31.2. The number of benzene rings is 4. The summed E-state index contributed by atoms with van der Waals surface area (Å²) in [4.78, 5) is 31.1. The monoisotopic (exact) mass is 609 g/mol. The Hall–Kier alpha value is -4.89. The van der Waals surface area contributed by atoms with Gasteiger partial charge in [-0.1, -0.05) is 36.4 Å². The molecule has 2 aliphatic heterocycles. The lowest BCUT2D eigenvalue weighted by Gasteiger charge is -2.39. The largest absolute Gasteiger partial charge is 0.497 e. The second kappa shape index (κ2) is 13.8. The summed E-state index contributed by atoms with van der Waals surface area (Å²) in [5, 5.41) is 2.96. The Bertz CT molecular complexity index is 1620. The fourth-order valence-corrected chi connectivity index (χ4v) is 5.79. The first-order chi connectivity index (χ1) is 21.9. The Morgan fingerprint density at radius 1 is 0.844 bits per heavy atom. The number of piperidine rings is 1. The molecule has 6 rings (SSSR count). The number of methoxy groups -OCH3 is 1. The second-order valence-electron chi connectivity index (χ2n) is 11.4. The van der Waals surface area contributed by atoms with E-state index in [4.69, 9.17) is 14.2 Å². The molecule has 8 nitrogen and oxygen atoms in total. The normalized spacial score (nSPS) is 14.6. The van der Waals surface area contributed by atoms with Crippen molar-refractivity contribution in [3.63, 3.8) is 0 Å². The number of hydrogen-bond donors (Lipinski definition) is 1. The Labute approximate surface area is 262 Å². The average molecular weight is 610 g/mol. The van der Waals surface area contributed by atoms with Gasteiger partial charge in [0.1, 0.15) is 11.6 Å². The van der Waals surface area contributed by atoms with E-state index >= 15 is 0 Å². The predicted octanol–water partition coefficient (Wildman–Crippen LogP) is 5.80. The highest BCUT2D eigenvalue weighted by Gasteiger charge is 2.30. The zero-order valence-electron chi connectivity index (χ0n) is 25.2. The summed E-state index contributed by atoms with van der Waals surface area (Å²) < 4.78 is 29.5. The lowest BCUT2D eigenvalue weighted by atomic mass is 9.99. The highest BCUT2D eigenvalue weighted by atomic mass is 19.1. The molecule has 0 saturated carbocycles. The minimum absolute atomic E-state index is 0.0277. The molecular formula is C36H36FN3O5. The van der Waals surface area contributed by atoms with Crippen molar-refractivity contribution in [2.75, 3.05) is 27.0 Å². The number of carbonyl (C=O) groups is 2. The van der Waals surface area contributed by atoms with Gasteiger partial charge in [0.25, 0.3) is 11.8 Å². The van der Waals surface area contributed by atoms with Crippen molar-refractivity contribution in [2.45, 2.75) is 38.5 Å². The van der Waals surface area contributed by atoms with Crippen molar-refractivity contribution < 1.29 is 28.2 Å². The fraction of sp³-hybridized carbons (Fsp3) is 0.278. The van der Waals surface area contributed by atoms with Gasteiger partial charge < -0.3 is 24.4 Å². The number of nitrogens with zero attached hydrogens (tertiary/aromatic N) is 2. The van der Waals surface area contributed by atoms with Gasteiger partial charge >= 0.3 is 0 Å². The topological polar surface area (TPSA) is 80.3 Å². The molecule has 0 radical (unpaired) electrons. The molecule has 1 fully saturated rings. The number of halogens is 1. The fourth-order valence-electron chi connectivity index (χ4n) is 5.79. The summed E-state index contributed by atoms with van der Waals surface area (Å²) in [6.07, 6.45) is 1.62. The van der Waals surface area contributed by atoms with E-state index in [1.54, 1.807) is 37.4 Å². The number of carbonyl (C=O) groups excluding carboxylic acids is 2. The molecule has 0 spiro atoms. The van der Waals surface area contributed by atoms with Crippen LogP contribution in [0.4, 0.5) is 4.39 Å². The van der Waals surface area contributed by atoms with Crippen LogP contribution in [0.3, 0.4) is 0 Å². The van der Waals surface area contributed by atoms with Gasteiger partial charge in [-0.2, -0.15) is 0 Å². The van der Waals surface area contributed by atoms with Crippen molar-refractivity contribution in [1.82, 2.24) is 15.1 Å². The molecule has 2 aliphatic rings. The summed E-state index contributed by atoms with van der Waals surface area (Å²) in [6.45, 7) is 3.33. The van der Waals surface area contributed by atoms with Crippen LogP contribution in [0.1, 0.15) is 50.2 Å². The van der Waals surface area contributed by atoms with E-state index in [-0.39, 0.29) is 30.5 Å². The minimum atomic E-state index is -0.239. The van der Waals surface area contributed by atoms with Gasteiger partial charge in [0.2, 0.25) is 6.79 Å². The number of hydrogen-bond acceptors (Lipinski definition) is 6. The van der Waals surface area contributed by atoms with Gasteiger partial charge in [0.15, 0.2) is 11.5 Å². The number of likely N-dealkylation sites (tertiary alicyclic amines) is 1. The van der Waals surface area contributed by atoms with Gasteiger partial charge in [-0.15, -0.1) is 0 Å². The van der Waals surface area contributed by atoms with Crippen molar-refractivity contribution in [1.29, 1.82) is 0 Å². The minimum Gasteiger partial charge on any atom is -0.497 e. The van der Waals surface area contributed by atoms with Crippen LogP contribution in [0.2, 0.25) is 0 Å². The molecule has 0 aliphatic carbocycles. The van der Waals surface area contributed by atoms with E-state index in [1.165, 1.54) is 12.1 Å². The molecule has 4 aromatic rings. The van der Waals surface area contributed by atoms with Gasteiger partial charge in [0.05, 0.1) is 7.11 Å². The van der Waals surface area contributed by atoms with Gasteiger partial charge in [-0.05, 0) is 84.1 Å². The average Bonchev–Trinajstić information content (AvgIpc) is 3.56. The van der Waals surface area contributed by atoms with Gasteiger partial charge in [-0.25, -0.2) is 4.39 Å². The Morgan fingerprint density at radius 2 is 1.49 bits per heavy atom. The molecule has 0 aromatic heterocycles. The van der Waals surface area contributed by atoms with E-state index in [9.17, 15) is 14.0 Å². The number of ether oxygens (including phenoxy) is 3. The Morgan fingerprint density at radius 3 is 2.20 bits per heavy atom. The van der Waals surface area contributed by atoms with Gasteiger partial charge in [-0.3, -0.25) is 14.5 Å². The van der Waals surface area contributed by atoms with Crippen LogP contribution in [0.15, 0.2) is 91.0 Å². The number of amides is 2. The molecule has 9 heteroatoms. The van der Waals surface area contributed by atoms with Crippen LogP contribution in [-0.4, -0.2) is 54.6 Å². The van der Waals surface area contributed by atoms with E-state index in [0.717, 1.165) is 54.9 Å². The van der Waals surface area contributed by atoms with Crippen LogP contribution in [-0.2, 0) is 19.6 Å². The highest BCUT2D eigenvalue weighted by Crippen LogP contribution is 2.33. The molecular weight excluding hydrogens is 573 g/mol. The standard InChI is InChI=1S/C36H36FN3O5/c1-43-32-13-6-25(7-14-32)21-38-35(41)28-8-2-27(3-9-28)23-40(36(42)29-10-15-33-34(20-29)45-24-44-33)31-16-18-39(19-17-31)22-26-4-11-30(37)12-5-26/h2-15,20,31H,16-19,21-24H2,1H3,(H,38,41). The molecule has 232 valence electrons. The maximum atomic E-state index is 14.0. The summed E-state index contributed by atoms with van der Waals surface area (Å²) in [6, 6.07) is 26.9. The molecule has 4 aromatic carbocycles. The molecule has 1 saturated heterocycles. The van der Waals surface area contributed by atoms with E-state index < -0.39 is 0 Å². The van der Waals surface area contributed by atoms with Crippen LogP contribution in [0, 0.1) is 5.82 Å². The van der Waals surface area contributed by atoms with Crippen molar-refractivity contribution in [3.05, 3.63) is 125 Å². The SMILES string of the molecule is COc1ccc(CNC(=O)c2ccc(CN(C(=O)c3ccc4c(c3)OCO4)C3CCN(Cc4ccc(F)cc4)CC3)cc2)cc1. The van der Waals surface area contributed by atoms with Gasteiger partial charge in [0, 0.05) is 49.9 Å². The lowest BCUT2D eigenvalue weighted by molar-refractivity contribution is 0.0542. The third kappa shape index (κ3) is 7.44. The van der Waals surface area contributed by atoms with Crippen LogP contribution in [0.5, 0.6) is 17.2 Å². The maximum absolute atomic E-state index is 14.0. The molecule has 0 atom stereocenters. The van der Waals surface area contributed by atoms with Crippen LogP contribution >= 0.6 is 0 Å². The molecule has 0 bridgehead atoms. The van der Waals surface area contributed by atoms with Crippen LogP contribution < -0.4 is 19.5 Å². The third-order valence-corrected chi connectivity index (χ3v) is 8.38. The first kappa shape index (κ1) is 30.1. The summed E-state index contributed by atoms with van der Waals surface area (Å²) in [5.41, 5.74) is 4.07. The van der Waals surface area contributed by atoms with Crippen molar-refractivity contribution in [2.24, 2.45) is 0 Å². The predicted molar refractivity (Wildman–Crippen MR) is 168 cm³/mol. The number of nitrogens with one attached hydrogen (secondary N) is 1. The smallest absolute Gasteiger partial charge is 0.254 e. The molecule has 45 heavy (non-hydrogen) atoms. The van der Waals surface area contributed by atoms with E-state index in [2.05, 4.69) is 10.2 Å². The van der Waals surface area contributed by atoms with E-state index in [1.807, 2.05) is 53.4 Å². The van der Waals surface area contributed by atoms with Crippen molar-refractivity contribution >= 4 is 11.8 Å². The molecule has 0 unspecified atom stereocenters. The third-order valence-electron chi connectivity index (χ3n) is 8.38.